The molecule has 130 valence electrons. The zero-order valence-corrected chi connectivity index (χ0v) is 14.6. The van der Waals surface area contributed by atoms with Crippen LogP contribution in [-0.2, 0) is 10.2 Å². The zero-order valence-electron chi connectivity index (χ0n) is 13.8. The molecule has 0 bridgehead atoms. The summed E-state index contributed by atoms with van der Waals surface area (Å²) < 4.78 is 4.68. The van der Waals surface area contributed by atoms with E-state index in [9.17, 15) is 9.59 Å². The van der Waals surface area contributed by atoms with Crippen LogP contribution in [0.2, 0.25) is 5.02 Å². The summed E-state index contributed by atoms with van der Waals surface area (Å²) in [5.41, 5.74) is 2.11. The molecule has 6 heteroatoms. The summed E-state index contributed by atoms with van der Waals surface area (Å²) in [4.78, 5) is 23.7. The van der Waals surface area contributed by atoms with Gasteiger partial charge in [0, 0.05) is 22.7 Å². The fraction of sp³-hybridized carbons (Fsp3) is 0.263. The van der Waals surface area contributed by atoms with Crippen LogP contribution in [0.4, 0.5) is 10.5 Å². The molecule has 0 unspecified atom stereocenters. The van der Waals surface area contributed by atoms with Gasteiger partial charge in [-0.25, -0.2) is 9.59 Å². The zero-order chi connectivity index (χ0) is 17.9. The van der Waals surface area contributed by atoms with Crippen LogP contribution in [0.5, 0.6) is 0 Å². The molecule has 1 saturated carbocycles. The van der Waals surface area contributed by atoms with Crippen molar-refractivity contribution in [3.63, 3.8) is 0 Å². The van der Waals surface area contributed by atoms with E-state index >= 15 is 0 Å². The van der Waals surface area contributed by atoms with Gasteiger partial charge in [0.1, 0.15) is 0 Å². The molecule has 0 spiro atoms. The maximum absolute atomic E-state index is 12.2. The summed E-state index contributed by atoms with van der Waals surface area (Å²) in [5.74, 6) is -0.441. The van der Waals surface area contributed by atoms with Gasteiger partial charge in [-0.1, -0.05) is 29.8 Å². The minimum Gasteiger partial charge on any atom is -0.465 e. The minimum absolute atomic E-state index is 0.00417. The Morgan fingerprint density at radius 2 is 1.88 bits per heavy atom. The quantitative estimate of drug-likeness (QED) is 0.794. The number of methoxy groups -OCH3 is 1. The smallest absolute Gasteiger partial charge is 0.337 e. The molecule has 0 radical (unpaired) electrons. The first-order chi connectivity index (χ1) is 12.0. The van der Waals surface area contributed by atoms with Gasteiger partial charge in [0.2, 0.25) is 0 Å². The third-order valence-electron chi connectivity index (χ3n) is 4.44. The van der Waals surface area contributed by atoms with Crippen LogP contribution in [0.3, 0.4) is 0 Å². The highest BCUT2D eigenvalue weighted by Crippen LogP contribution is 2.47. The van der Waals surface area contributed by atoms with Crippen LogP contribution < -0.4 is 10.6 Å². The molecule has 0 aliphatic heterocycles. The average Bonchev–Trinajstić information content (AvgIpc) is 3.41. The number of ether oxygens (including phenoxy) is 1. The van der Waals surface area contributed by atoms with E-state index in [0.717, 1.165) is 12.8 Å². The van der Waals surface area contributed by atoms with Crippen molar-refractivity contribution in [1.29, 1.82) is 0 Å². The number of nitrogens with one attached hydrogen (secondary N) is 2. The van der Waals surface area contributed by atoms with E-state index < -0.39 is 5.97 Å². The first-order valence-corrected chi connectivity index (χ1v) is 8.39. The number of esters is 1. The van der Waals surface area contributed by atoms with Gasteiger partial charge in [0.25, 0.3) is 0 Å². The Balaban J connectivity index is 1.58. The van der Waals surface area contributed by atoms with Crippen molar-refractivity contribution in [3.05, 3.63) is 64.7 Å². The highest BCUT2D eigenvalue weighted by Gasteiger charge is 2.44. The van der Waals surface area contributed by atoms with Gasteiger partial charge in [-0.2, -0.15) is 0 Å². The number of rotatable bonds is 5. The highest BCUT2D eigenvalue weighted by atomic mass is 35.5. The third-order valence-corrected chi connectivity index (χ3v) is 4.69. The maximum Gasteiger partial charge on any atom is 0.337 e. The summed E-state index contributed by atoms with van der Waals surface area (Å²) in [7, 11) is 1.32. The summed E-state index contributed by atoms with van der Waals surface area (Å²) in [6, 6.07) is 14.1. The van der Waals surface area contributed by atoms with Crippen molar-refractivity contribution in [2.45, 2.75) is 18.3 Å². The molecule has 2 aromatic rings. The molecular weight excluding hydrogens is 340 g/mol. The van der Waals surface area contributed by atoms with Gasteiger partial charge in [-0.15, -0.1) is 0 Å². The van der Waals surface area contributed by atoms with Gasteiger partial charge >= 0.3 is 12.0 Å². The molecule has 0 heterocycles. The van der Waals surface area contributed by atoms with E-state index in [2.05, 4.69) is 15.4 Å². The van der Waals surface area contributed by atoms with Crippen LogP contribution in [0.25, 0.3) is 0 Å². The van der Waals surface area contributed by atoms with E-state index in [-0.39, 0.29) is 11.4 Å². The molecule has 0 aromatic heterocycles. The number of benzene rings is 2. The lowest BCUT2D eigenvalue weighted by atomic mass is 9.96. The molecule has 0 atom stereocenters. The lowest BCUT2D eigenvalue weighted by molar-refractivity contribution is 0.0600. The number of carbonyl (C=O) groups is 2. The summed E-state index contributed by atoms with van der Waals surface area (Å²) in [6.07, 6.45) is 2.07. The van der Waals surface area contributed by atoms with Crippen LogP contribution in [0, 0.1) is 0 Å². The topological polar surface area (TPSA) is 67.4 Å². The molecule has 1 fully saturated rings. The van der Waals surface area contributed by atoms with E-state index in [1.165, 1.54) is 12.7 Å². The van der Waals surface area contributed by atoms with Gasteiger partial charge < -0.3 is 15.4 Å². The molecule has 3 rings (SSSR count). The van der Waals surface area contributed by atoms with E-state index in [0.29, 0.717) is 22.8 Å². The maximum atomic E-state index is 12.2. The number of hydrogen-bond donors (Lipinski definition) is 2. The standard InChI is InChI=1S/C19H19ClN2O3/c1-25-17(23)13-3-2-4-16(11-13)22-18(24)21-12-19(9-10-19)14-5-7-15(20)8-6-14/h2-8,11H,9-10,12H2,1H3,(H2,21,22,24). The van der Waals surface area contributed by atoms with Crippen molar-refractivity contribution in [2.75, 3.05) is 19.0 Å². The van der Waals surface area contributed by atoms with E-state index in [1.807, 2.05) is 24.3 Å². The molecule has 1 aliphatic rings. The van der Waals surface area contributed by atoms with Gasteiger partial charge in [-0.05, 0) is 48.7 Å². The van der Waals surface area contributed by atoms with Crippen LogP contribution in [0.15, 0.2) is 48.5 Å². The largest absolute Gasteiger partial charge is 0.465 e. The predicted octanol–water partition coefficient (Wildman–Crippen LogP) is 3.98. The number of hydrogen-bond acceptors (Lipinski definition) is 3. The van der Waals surface area contributed by atoms with E-state index in [4.69, 9.17) is 11.6 Å². The predicted molar refractivity (Wildman–Crippen MR) is 97.2 cm³/mol. The normalized spacial score (nSPS) is 14.5. The molecule has 2 amide bonds. The van der Waals surface area contributed by atoms with Crippen LogP contribution >= 0.6 is 11.6 Å². The molecule has 0 saturated heterocycles. The Kier molecular flexibility index (Phi) is 4.95. The van der Waals surface area contributed by atoms with Crippen LogP contribution in [-0.4, -0.2) is 25.7 Å². The molecule has 5 nitrogen and oxygen atoms in total. The Morgan fingerprint density at radius 1 is 1.16 bits per heavy atom. The fourth-order valence-electron chi connectivity index (χ4n) is 2.79. The first-order valence-electron chi connectivity index (χ1n) is 8.02. The van der Waals surface area contributed by atoms with Crippen molar-refractivity contribution >= 4 is 29.3 Å². The molecule has 2 aromatic carbocycles. The van der Waals surface area contributed by atoms with Crippen molar-refractivity contribution in [3.8, 4) is 0 Å². The molecule has 1 aliphatic carbocycles. The van der Waals surface area contributed by atoms with Crippen molar-refractivity contribution in [2.24, 2.45) is 0 Å². The molecule has 2 N–H and O–H groups in total. The SMILES string of the molecule is COC(=O)c1cccc(NC(=O)NCC2(c3ccc(Cl)cc3)CC2)c1. The Labute approximate surface area is 151 Å². The van der Waals surface area contributed by atoms with Gasteiger partial charge in [0.15, 0.2) is 0 Å². The number of carbonyl (C=O) groups excluding carboxylic acids is 2. The Bertz CT molecular complexity index is 786. The second-order valence-corrected chi connectivity index (χ2v) is 6.60. The Morgan fingerprint density at radius 3 is 2.52 bits per heavy atom. The monoisotopic (exact) mass is 358 g/mol. The van der Waals surface area contributed by atoms with Gasteiger partial charge in [-0.3, -0.25) is 0 Å². The number of urea groups is 1. The number of halogens is 1. The third kappa shape index (κ3) is 4.12. The lowest BCUT2D eigenvalue weighted by Gasteiger charge is -2.17. The Hall–Kier alpha value is -2.53. The van der Waals surface area contributed by atoms with Crippen molar-refractivity contribution < 1.29 is 14.3 Å². The molecular formula is C19H19ClN2O3. The first kappa shape index (κ1) is 17.3. The number of amides is 2. The summed E-state index contributed by atoms with van der Waals surface area (Å²) in [5, 5.41) is 6.36. The second-order valence-electron chi connectivity index (χ2n) is 6.17. The summed E-state index contributed by atoms with van der Waals surface area (Å²) >= 11 is 5.93. The van der Waals surface area contributed by atoms with Crippen molar-refractivity contribution in [1.82, 2.24) is 5.32 Å². The van der Waals surface area contributed by atoms with E-state index in [1.54, 1.807) is 24.3 Å². The lowest BCUT2D eigenvalue weighted by Crippen LogP contribution is -2.35. The number of anilines is 1. The minimum atomic E-state index is -0.441. The van der Waals surface area contributed by atoms with Gasteiger partial charge in [0.05, 0.1) is 12.7 Å². The fourth-order valence-corrected chi connectivity index (χ4v) is 2.91. The summed E-state index contributed by atoms with van der Waals surface area (Å²) in [6.45, 7) is 0.553. The molecule has 25 heavy (non-hydrogen) atoms. The average molecular weight is 359 g/mol. The van der Waals surface area contributed by atoms with Crippen LogP contribution in [0.1, 0.15) is 28.8 Å². The second kappa shape index (κ2) is 7.15. The highest BCUT2D eigenvalue weighted by molar-refractivity contribution is 6.30.